The number of nitrogens with one attached hydrogen (secondary N) is 2. The quantitative estimate of drug-likeness (QED) is 0.799. The van der Waals surface area contributed by atoms with Crippen molar-refractivity contribution in [2.45, 2.75) is 13.0 Å². The molecule has 1 unspecified atom stereocenters. The SMILES string of the molecule is CC(NC(=O)CN(c1cccc(F)c1)S(C)(=O)=O)c1ncn[nH]1. The van der Waals surface area contributed by atoms with Gasteiger partial charge in [0.25, 0.3) is 0 Å². The van der Waals surface area contributed by atoms with E-state index in [1.165, 1.54) is 24.5 Å². The van der Waals surface area contributed by atoms with Crippen LogP contribution in [-0.4, -0.2) is 42.3 Å². The Hall–Kier alpha value is -2.49. The summed E-state index contributed by atoms with van der Waals surface area (Å²) in [5.74, 6) is -0.704. The average molecular weight is 341 g/mol. The van der Waals surface area contributed by atoms with Crippen molar-refractivity contribution in [2.75, 3.05) is 17.1 Å². The van der Waals surface area contributed by atoms with Crippen molar-refractivity contribution in [2.24, 2.45) is 0 Å². The zero-order chi connectivity index (χ0) is 17.0. The highest BCUT2D eigenvalue weighted by molar-refractivity contribution is 7.92. The Balaban J connectivity index is 2.14. The molecule has 2 N–H and O–H groups in total. The van der Waals surface area contributed by atoms with Gasteiger partial charge in [0.1, 0.15) is 24.5 Å². The van der Waals surface area contributed by atoms with E-state index in [9.17, 15) is 17.6 Å². The number of sulfonamides is 1. The Labute approximate surface area is 132 Å². The van der Waals surface area contributed by atoms with Crippen molar-refractivity contribution in [1.82, 2.24) is 20.5 Å². The average Bonchev–Trinajstić information content (AvgIpc) is 2.97. The summed E-state index contributed by atoms with van der Waals surface area (Å²) in [7, 11) is -3.75. The standard InChI is InChI=1S/C13H16FN5O3S/c1-9(13-15-8-16-18-13)17-12(20)7-19(23(2,21)22)11-5-3-4-10(14)6-11/h3-6,8-9H,7H2,1-2H3,(H,17,20)(H,15,16,18). The van der Waals surface area contributed by atoms with Crippen molar-refractivity contribution in [3.63, 3.8) is 0 Å². The van der Waals surface area contributed by atoms with E-state index >= 15 is 0 Å². The van der Waals surface area contributed by atoms with E-state index in [-0.39, 0.29) is 5.69 Å². The Morgan fingerprint density at radius 3 is 2.78 bits per heavy atom. The number of hydrogen-bond acceptors (Lipinski definition) is 5. The predicted octanol–water partition coefficient (Wildman–Crippen LogP) is 0.587. The molecule has 0 bridgehead atoms. The number of aromatic amines is 1. The Morgan fingerprint density at radius 1 is 1.48 bits per heavy atom. The number of H-pyrrole nitrogens is 1. The first-order chi connectivity index (χ1) is 10.8. The number of rotatable bonds is 6. The predicted molar refractivity (Wildman–Crippen MR) is 81.5 cm³/mol. The van der Waals surface area contributed by atoms with Gasteiger partial charge in [-0.1, -0.05) is 6.07 Å². The summed E-state index contributed by atoms with van der Waals surface area (Å²) in [6, 6.07) is 4.55. The molecule has 0 radical (unpaired) electrons. The Bertz CT molecular complexity index is 779. The van der Waals surface area contributed by atoms with Gasteiger partial charge in [-0.05, 0) is 25.1 Å². The number of hydrogen-bond donors (Lipinski definition) is 2. The number of halogens is 1. The molecule has 1 aromatic heterocycles. The van der Waals surface area contributed by atoms with Gasteiger partial charge in [0, 0.05) is 0 Å². The Morgan fingerprint density at radius 2 is 2.22 bits per heavy atom. The highest BCUT2D eigenvalue weighted by Crippen LogP contribution is 2.18. The molecule has 0 saturated carbocycles. The smallest absolute Gasteiger partial charge is 0.241 e. The molecule has 2 rings (SSSR count). The van der Waals surface area contributed by atoms with Gasteiger partial charge >= 0.3 is 0 Å². The summed E-state index contributed by atoms with van der Waals surface area (Å²) in [6.45, 7) is 1.20. The van der Waals surface area contributed by atoms with Gasteiger partial charge in [-0.15, -0.1) is 0 Å². The number of anilines is 1. The number of amides is 1. The van der Waals surface area contributed by atoms with Gasteiger partial charge in [0.2, 0.25) is 15.9 Å². The van der Waals surface area contributed by atoms with E-state index < -0.39 is 34.3 Å². The largest absolute Gasteiger partial charge is 0.345 e. The summed E-state index contributed by atoms with van der Waals surface area (Å²) >= 11 is 0. The number of carbonyl (C=O) groups is 1. The van der Waals surface area contributed by atoms with Crippen molar-refractivity contribution in [3.05, 3.63) is 42.2 Å². The van der Waals surface area contributed by atoms with Crippen LogP contribution in [0.15, 0.2) is 30.6 Å². The molecule has 0 saturated heterocycles. The van der Waals surface area contributed by atoms with Gasteiger partial charge in [0.05, 0.1) is 18.0 Å². The van der Waals surface area contributed by atoms with E-state index in [0.29, 0.717) is 5.82 Å². The molecule has 10 heteroatoms. The van der Waals surface area contributed by atoms with E-state index in [0.717, 1.165) is 16.6 Å². The van der Waals surface area contributed by atoms with Crippen LogP contribution in [0.25, 0.3) is 0 Å². The maximum Gasteiger partial charge on any atom is 0.241 e. The molecule has 0 fully saturated rings. The molecule has 1 atom stereocenters. The normalized spacial score (nSPS) is 12.7. The van der Waals surface area contributed by atoms with Crippen LogP contribution in [0.2, 0.25) is 0 Å². The maximum absolute atomic E-state index is 13.3. The maximum atomic E-state index is 13.3. The van der Waals surface area contributed by atoms with Crippen LogP contribution >= 0.6 is 0 Å². The molecular weight excluding hydrogens is 325 g/mol. The highest BCUT2D eigenvalue weighted by Gasteiger charge is 2.22. The molecule has 2 aromatic rings. The summed E-state index contributed by atoms with van der Waals surface area (Å²) in [5.41, 5.74) is 0.0787. The molecule has 0 spiro atoms. The molecule has 1 amide bonds. The van der Waals surface area contributed by atoms with Crippen LogP contribution < -0.4 is 9.62 Å². The molecule has 1 aromatic carbocycles. The number of nitrogens with zero attached hydrogens (tertiary/aromatic N) is 3. The molecule has 0 aliphatic heterocycles. The lowest BCUT2D eigenvalue weighted by Crippen LogP contribution is -2.41. The van der Waals surface area contributed by atoms with E-state index in [1.807, 2.05) is 0 Å². The first-order valence-corrected chi connectivity index (χ1v) is 8.50. The highest BCUT2D eigenvalue weighted by atomic mass is 32.2. The van der Waals surface area contributed by atoms with Gasteiger partial charge in [0.15, 0.2) is 0 Å². The zero-order valence-corrected chi connectivity index (χ0v) is 13.3. The lowest BCUT2D eigenvalue weighted by molar-refractivity contribution is -0.120. The van der Waals surface area contributed by atoms with Gasteiger partial charge in [-0.25, -0.2) is 17.8 Å². The van der Waals surface area contributed by atoms with Crippen LogP contribution in [0.1, 0.15) is 18.8 Å². The second-order valence-corrected chi connectivity index (χ2v) is 6.82. The third-order valence-corrected chi connectivity index (χ3v) is 4.15. The van der Waals surface area contributed by atoms with Crippen LogP contribution in [0.5, 0.6) is 0 Å². The minimum absolute atomic E-state index is 0.0787. The molecule has 0 aliphatic rings. The van der Waals surface area contributed by atoms with E-state index in [4.69, 9.17) is 0 Å². The van der Waals surface area contributed by atoms with Gasteiger partial charge in [-0.2, -0.15) is 5.10 Å². The van der Waals surface area contributed by atoms with Crippen molar-refractivity contribution in [1.29, 1.82) is 0 Å². The van der Waals surface area contributed by atoms with Crippen molar-refractivity contribution >= 4 is 21.6 Å². The lowest BCUT2D eigenvalue weighted by atomic mass is 10.3. The van der Waals surface area contributed by atoms with Crippen LogP contribution in [0.4, 0.5) is 10.1 Å². The second kappa shape index (κ2) is 6.73. The summed E-state index contributed by atoms with van der Waals surface area (Å²) in [6.07, 6.45) is 2.25. The van der Waals surface area contributed by atoms with Crippen LogP contribution in [-0.2, 0) is 14.8 Å². The molecule has 8 nitrogen and oxygen atoms in total. The van der Waals surface area contributed by atoms with Gasteiger partial charge in [-0.3, -0.25) is 14.2 Å². The Kier molecular flexibility index (Phi) is 4.94. The lowest BCUT2D eigenvalue weighted by Gasteiger charge is -2.22. The third kappa shape index (κ3) is 4.49. The summed E-state index contributed by atoms with van der Waals surface area (Å²) < 4.78 is 37.9. The number of carbonyl (C=O) groups excluding carboxylic acids is 1. The first kappa shape index (κ1) is 16.9. The molecule has 23 heavy (non-hydrogen) atoms. The van der Waals surface area contributed by atoms with E-state index in [2.05, 4.69) is 20.5 Å². The summed E-state index contributed by atoms with van der Waals surface area (Å²) in [4.78, 5) is 16.0. The van der Waals surface area contributed by atoms with Crippen molar-refractivity contribution in [3.8, 4) is 0 Å². The first-order valence-electron chi connectivity index (χ1n) is 6.65. The molecular formula is C13H16FN5O3S. The molecule has 0 aliphatic carbocycles. The van der Waals surface area contributed by atoms with E-state index in [1.54, 1.807) is 6.92 Å². The number of aromatic nitrogens is 3. The molecule has 124 valence electrons. The van der Waals surface area contributed by atoms with Gasteiger partial charge < -0.3 is 5.32 Å². The molecule has 1 heterocycles. The van der Waals surface area contributed by atoms with Crippen LogP contribution in [0, 0.1) is 5.82 Å². The minimum Gasteiger partial charge on any atom is -0.345 e. The van der Waals surface area contributed by atoms with Crippen LogP contribution in [0.3, 0.4) is 0 Å². The fourth-order valence-electron chi connectivity index (χ4n) is 1.94. The summed E-state index contributed by atoms with van der Waals surface area (Å²) in [5, 5.41) is 8.88. The zero-order valence-electron chi connectivity index (χ0n) is 12.5. The topological polar surface area (TPSA) is 108 Å². The van der Waals surface area contributed by atoms with Crippen molar-refractivity contribution < 1.29 is 17.6 Å². The monoisotopic (exact) mass is 341 g/mol. The number of benzene rings is 1. The minimum atomic E-state index is -3.75. The fraction of sp³-hybridized carbons (Fsp3) is 0.308. The fourth-order valence-corrected chi connectivity index (χ4v) is 2.79. The third-order valence-electron chi connectivity index (χ3n) is 3.01. The second-order valence-electron chi connectivity index (χ2n) is 4.91.